The molecule has 2 fully saturated rings. The lowest BCUT2D eigenvalue weighted by Crippen LogP contribution is -2.36. The molecule has 1 aliphatic carbocycles. The molecular weight excluding hydrogens is 485 g/mol. The van der Waals surface area contributed by atoms with Gasteiger partial charge in [-0.1, -0.05) is 29.8 Å². The minimum Gasteiger partial charge on any atom is -0.493 e. The van der Waals surface area contributed by atoms with Gasteiger partial charge in [-0.25, -0.2) is 14.2 Å². The van der Waals surface area contributed by atoms with E-state index in [1.165, 1.54) is 18.3 Å². The quantitative estimate of drug-likeness (QED) is 0.449. The summed E-state index contributed by atoms with van der Waals surface area (Å²) < 4.78 is 19.2. The van der Waals surface area contributed by atoms with Gasteiger partial charge in [0.05, 0.1) is 28.3 Å². The van der Waals surface area contributed by atoms with Crippen molar-refractivity contribution >= 4 is 29.3 Å². The van der Waals surface area contributed by atoms with Crippen molar-refractivity contribution in [1.82, 2.24) is 10.3 Å². The fourth-order valence-corrected chi connectivity index (χ4v) is 4.77. The Bertz CT molecular complexity index is 1300. The van der Waals surface area contributed by atoms with Crippen molar-refractivity contribution in [2.45, 2.75) is 24.8 Å². The first-order valence-corrected chi connectivity index (χ1v) is 12.2. The first-order valence-electron chi connectivity index (χ1n) is 11.8. The van der Waals surface area contributed by atoms with Gasteiger partial charge < -0.3 is 20.1 Å². The van der Waals surface area contributed by atoms with Crippen molar-refractivity contribution in [2.75, 3.05) is 24.6 Å². The third kappa shape index (κ3) is 5.14. The Kier molecular flexibility index (Phi) is 6.53. The number of aromatic nitrogens is 1. The zero-order chi connectivity index (χ0) is 25.3. The third-order valence-corrected chi connectivity index (χ3v) is 6.94. The molecule has 3 aromatic rings. The monoisotopic (exact) mass is 509 g/mol. The van der Waals surface area contributed by atoms with Gasteiger partial charge in [-0.2, -0.15) is 0 Å². The highest BCUT2D eigenvalue weighted by atomic mass is 35.5. The SMILES string of the molecule is O=C(O)c1ccc(C2(NC(=O)c3cc(Cl)cnc3N3CCC(COc4cccc(F)c4)C3)CC2)cc1. The minimum absolute atomic E-state index is 0.198. The van der Waals surface area contributed by atoms with Gasteiger partial charge in [-0.05, 0) is 55.2 Å². The summed E-state index contributed by atoms with van der Waals surface area (Å²) in [4.78, 5) is 31.1. The number of aromatic carboxylic acids is 1. The molecule has 0 bridgehead atoms. The van der Waals surface area contributed by atoms with Crippen molar-refractivity contribution in [1.29, 1.82) is 0 Å². The Labute approximate surface area is 212 Å². The largest absolute Gasteiger partial charge is 0.493 e. The third-order valence-electron chi connectivity index (χ3n) is 6.73. The zero-order valence-corrected chi connectivity index (χ0v) is 20.2. The fraction of sp³-hybridized carbons (Fsp3) is 0.296. The number of rotatable bonds is 8. The maximum atomic E-state index is 13.4. The number of carboxylic acids is 1. The summed E-state index contributed by atoms with van der Waals surface area (Å²) in [7, 11) is 0. The second-order valence-corrected chi connectivity index (χ2v) is 9.75. The summed E-state index contributed by atoms with van der Waals surface area (Å²) in [5.74, 6) is -0.363. The van der Waals surface area contributed by atoms with Gasteiger partial charge in [-0.15, -0.1) is 0 Å². The summed E-state index contributed by atoms with van der Waals surface area (Å²) >= 11 is 6.21. The zero-order valence-electron chi connectivity index (χ0n) is 19.4. The predicted octanol–water partition coefficient (Wildman–Crippen LogP) is 4.90. The molecule has 36 heavy (non-hydrogen) atoms. The van der Waals surface area contributed by atoms with Crippen LogP contribution in [0.4, 0.5) is 10.2 Å². The molecule has 1 saturated carbocycles. The highest BCUT2D eigenvalue weighted by Gasteiger charge is 2.46. The van der Waals surface area contributed by atoms with E-state index in [4.69, 9.17) is 21.4 Å². The van der Waals surface area contributed by atoms with Crippen LogP contribution in [0.25, 0.3) is 0 Å². The molecular formula is C27H25ClFN3O4. The van der Waals surface area contributed by atoms with E-state index in [2.05, 4.69) is 10.3 Å². The average molecular weight is 510 g/mol. The van der Waals surface area contributed by atoms with Gasteiger partial charge in [0.2, 0.25) is 0 Å². The fourth-order valence-electron chi connectivity index (χ4n) is 4.61. The molecule has 186 valence electrons. The molecule has 2 aromatic carbocycles. The average Bonchev–Trinajstić information content (AvgIpc) is 3.49. The number of anilines is 1. The molecule has 0 radical (unpaired) electrons. The Morgan fingerprint density at radius 3 is 2.67 bits per heavy atom. The number of hydrogen-bond donors (Lipinski definition) is 2. The number of amides is 1. The minimum atomic E-state index is -0.990. The van der Waals surface area contributed by atoms with E-state index in [0.717, 1.165) is 24.8 Å². The summed E-state index contributed by atoms with van der Waals surface area (Å²) in [5.41, 5.74) is 0.933. The highest BCUT2D eigenvalue weighted by molar-refractivity contribution is 6.31. The molecule has 1 aromatic heterocycles. The molecule has 2 aliphatic rings. The lowest BCUT2D eigenvalue weighted by Gasteiger charge is -2.23. The van der Waals surface area contributed by atoms with Gasteiger partial charge in [0, 0.05) is 31.3 Å². The first kappa shape index (κ1) is 24.1. The van der Waals surface area contributed by atoms with Crippen LogP contribution in [0, 0.1) is 11.7 Å². The number of carboxylic acid groups (broad SMARTS) is 1. The van der Waals surface area contributed by atoms with Crippen molar-refractivity contribution in [2.24, 2.45) is 5.92 Å². The maximum absolute atomic E-state index is 13.4. The number of halogens is 2. The van der Waals surface area contributed by atoms with Crippen LogP contribution in [0.15, 0.2) is 60.8 Å². The summed E-state index contributed by atoms with van der Waals surface area (Å²) in [6.45, 7) is 1.78. The van der Waals surface area contributed by atoms with E-state index >= 15 is 0 Å². The molecule has 1 amide bonds. The normalized spacial score (nSPS) is 18.1. The van der Waals surface area contributed by atoms with Gasteiger partial charge in [0.1, 0.15) is 17.4 Å². The second kappa shape index (κ2) is 9.78. The lowest BCUT2D eigenvalue weighted by molar-refractivity contribution is 0.0696. The Morgan fingerprint density at radius 2 is 1.97 bits per heavy atom. The molecule has 1 saturated heterocycles. The number of carbonyl (C=O) groups is 2. The molecule has 2 N–H and O–H groups in total. The summed E-state index contributed by atoms with van der Waals surface area (Å²) in [6, 6.07) is 14.3. The van der Waals surface area contributed by atoms with Crippen LogP contribution in [0.1, 0.15) is 45.5 Å². The summed E-state index contributed by atoms with van der Waals surface area (Å²) in [5, 5.41) is 12.6. The van der Waals surface area contributed by atoms with E-state index in [9.17, 15) is 14.0 Å². The molecule has 0 spiro atoms. The van der Waals surface area contributed by atoms with Crippen molar-refractivity contribution in [3.05, 3.63) is 88.3 Å². The number of ether oxygens (including phenoxy) is 1. The highest BCUT2D eigenvalue weighted by Crippen LogP contribution is 2.46. The molecule has 1 unspecified atom stereocenters. The standard InChI is InChI=1S/C27H25ClFN3O4/c28-20-12-23(25(33)31-27(9-10-27)19-6-4-18(5-7-19)26(34)35)24(30-14-20)32-11-8-17(15-32)16-36-22-3-1-2-21(29)13-22/h1-7,12-14,17H,8-11,15-16H2,(H,31,33)(H,34,35). The van der Waals surface area contributed by atoms with Gasteiger partial charge in [0.25, 0.3) is 5.91 Å². The van der Waals surface area contributed by atoms with Crippen LogP contribution in [0.3, 0.4) is 0 Å². The van der Waals surface area contributed by atoms with Crippen LogP contribution in [0.5, 0.6) is 5.75 Å². The van der Waals surface area contributed by atoms with Crippen LogP contribution >= 0.6 is 11.6 Å². The maximum Gasteiger partial charge on any atom is 0.335 e. The molecule has 9 heteroatoms. The van der Waals surface area contributed by atoms with Crippen molar-refractivity contribution in [3.63, 3.8) is 0 Å². The number of carbonyl (C=O) groups excluding carboxylic acids is 1. The second-order valence-electron chi connectivity index (χ2n) is 9.31. The summed E-state index contributed by atoms with van der Waals surface area (Å²) in [6.07, 6.45) is 3.90. The number of nitrogens with zero attached hydrogens (tertiary/aromatic N) is 2. The predicted molar refractivity (Wildman–Crippen MR) is 133 cm³/mol. The van der Waals surface area contributed by atoms with Crippen molar-refractivity contribution in [3.8, 4) is 5.75 Å². The van der Waals surface area contributed by atoms with Crippen LogP contribution < -0.4 is 15.0 Å². The molecule has 2 heterocycles. The number of nitrogens with one attached hydrogen (secondary N) is 1. The molecule has 5 rings (SSSR count). The Morgan fingerprint density at radius 1 is 1.19 bits per heavy atom. The molecule has 1 atom stereocenters. The Hall–Kier alpha value is -3.65. The van der Waals surface area contributed by atoms with Gasteiger partial charge in [-0.3, -0.25) is 4.79 Å². The molecule has 1 aliphatic heterocycles. The first-order chi connectivity index (χ1) is 17.3. The molecule has 7 nitrogen and oxygen atoms in total. The van der Waals surface area contributed by atoms with E-state index in [-0.39, 0.29) is 23.2 Å². The number of hydrogen-bond acceptors (Lipinski definition) is 5. The topological polar surface area (TPSA) is 91.8 Å². The lowest BCUT2D eigenvalue weighted by atomic mass is 10.0. The van der Waals surface area contributed by atoms with E-state index < -0.39 is 11.5 Å². The van der Waals surface area contributed by atoms with Crippen LogP contribution in [-0.4, -0.2) is 41.7 Å². The van der Waals surface area contributed by atoms with Crippen LogP contribution in [0.2, 0.25) is 5.02 Å². The Balaban J connectivity index is 1.28. The van der Waals surface area contributed by atoms with E-state index in [1.54, 1.807) is 42.5 Å². The van der Waals surface area contributed by atoms with Crippen LogP contribution in [-0.2, 0) is 5.54 Å². The van der Waals surface area contributed by atoms with E-state index in [0.29, 0.717) is 41.8 Å². The smallest absolute Gasteiger partial charge is 0.335 e. The van der Waals surface area contributed by atoms with E-state index in [1.807, 2.05) is 4.90 Å². The van der Waals surface area contributed by atoms with Gasteiger partial charge >= 0.3 is 5.97 Å². The number of pyridine rings is 1. The van der Waals surface area contributed by atoms with Crippen molar-refractivity contribution < 1.29 is 23.8 Å². The van der Waals surface area contributed by atoms with Gasteiger partial charge in [0.15, 0.2) is 0 Å². The number of benzene rings is 2.